The molecule has 2 aliphatic rings. The maximum atomic E-state index is 15.3. The van der Waals surface area contributed by atoms with Crippen LogP contribution in [0.4, 0.5) is 14.7 Å². The fraction of sp³-hybridized carbons (Fsp3) is 0.417. The van der Waals surface area contributed by atoms with Gasteiger partial charge in [0.1, 0.15) is 11.2 Å². The number of hydrogen-bond acceptors (Lipinski definition) is 6. The molecular formula is C24H25F2N7O2. The molecule has 4 aromatic heterocycles. The molecule has 4 aromatic rings. The summed E-state index contributed by atoms with van der Waals surface area (Å²) in [5.74, 6) is -1.24. The van der Waals surface area contributed by atoms with Crippen molar-refractivity contribution in [1.82, 2.24) is 29.3 Å². The summed E-state index contributed by atoms with van der Waals surface area (Å²) in [5, 5.41) is 10.3. The van der Waals surface area contributed by atoms with Crippen LogP contribution in [0.2, 0.25) is 0 Å². The van der Waals surface area contributed by atoms with Gasteiger partial charge in [-0.2, -0.15) is 4.98 Å². The lowest BCUT2D eigenvalue weighted by Crippen LogP contribution is -2.28. The zero-order chi connectivity index (χ0) is 24.3. The second-order valence-corrected chi connectivity index (χ2v) is 9.50. The van der Waals surface area contributed by atoms with Gasteiger partial charge >= 0.3 is 0 Å². The van der Waals surface area contributed by atoms with Crippen molar-refractivity contribution < 1.29 is 18.3 Å². The Kier molecular flexibility index (Phi) is 4.90. The summed E-state index contributed by atoms with van der Waals surface area (Å²) in [5.41, 5.74) is 1.19. The van der Waals surface area contributed by atoms with E-state index in [4.69, 9.17) is 4.74 Å². The number of fused-ring (bicyclic) bond motifs is 2. The van der Waals surface area contributed by atoms with E-state index in [1.807, 2.05) is 0 Å². The summed E-state index contributed by atoms with van der Waals surface area (Å²) in [6.07, 6.45) is 11.1. The largest absolute Gasteiger partial charge is 0.479 e. The Morgan fingerprint density at radius 1 is 1.17 bits per heavy atom. The van der Waals surface area contributed by atoms with Crippen molar-refractivity contribution in [2.24, 2.45) is 5.41 Å². The van der Waals surface area contributed by atoms with Crippen LogP contribution >= 0.6 is 0 Å². The number of aromatic nitrogens is 5. The third-order valence-electron chi connectivity index (χ3n) is 7.39. The van der Waals surface area contributed by atoms with Gasteiger partial charge < -0.3 is 15.4 Å². The molecule has 35 heavy (non-hydrogen) atoms. The van der Waals surface area contributed by atoms with Crippen LogP contribution in [-0.4, -0.2) is 50.1 Å². The Morgan fingerprint density at radius 3 is 2.63 bits per heavy atom. The molecule has 0 unspecified atom stereocenters. The summed E-state index contributed by atoms with van der Waals surface area (Å²) in [6, 6.07) is 1.43. The normalized spacial score (nSPS) is 17.3. The second-order valence-electron chi connectivity index (χ2n) is 9.50. The van der Waals surface area contributed by atoms with E-state index in [1.54, 1.807) is 0 Å². The first-order valence-corrected chi connectivity index (χ1v) is 11.7. The minimum Gasteiger partial charge on any atom is -0.479 e. The Labute approximate surface area is 199 Å². The molecule has 0 radical (unpaired) electrons. The van der Waals surface area contributed by atoms with E-state index in [0.29, 0.717) is 11.4 Å². The number of methoxy groups -OCH3 is 1. The van der Waals surface area contributed by atoms with E-state index in [0.717, 1.165) is 12.8 Å². The SMILES string of the molecule is CNC(=O)c1cnc2c(F)cc(-c3c(F)cn4nc(NC5CCC6(CC5)CC6)nc(OC)c34)cn12. The van der Waals surface area contributed by atoms with Gasteiger partial charge in [0, 0.05) is 24.8 Å². The van der Waals surface area contributed by atoms with Gasteiger partial charge in [-0.15, -0.1) is 5.10 Å². The van der Waals surface area contributed by atoms with Crippen molar-refractivity contribution in [1.29, 1.82) is 0 Å². The van der Waals surface area contributed by atoms with Gasteiger partial charge in [-0.05, 0) is 50.0 Å². The number of halogens is 2. The monoisotopic (exact) mass is 481 g/mol. The number of carbonyl (C=O) groups excluding carboxylic acids is 1. The standard InChI is InChI=1S/C24H25F2N7O2/c1-27-21(34)17-10-28-20-15(25)9-13(11-32(17)20)18-16(26)12-33-19(18)22(35-2)30-23(31-33)29-14-3-5-24(6-4-14)7-8-24/h9-12,14H,3-8H2,1-2H3,(H,27,34)(H,29,31). The van der Waals surface area contributed by atoms with Crippen molar-refractivity contribution in [3.63, 3.8) is 0 Å². The number of imidazole rings is 1. The fourth-order valence-electron chi connectivity index (χ4n) is 5.21. The van der Waals surface area contributed by atoms with E-state index in [1.165, 1.54) is 73.4 Å². The summed E-state index contributed by atoms with van der Waals surface area (Å²) in [6.45, 7) is 0. The number of ether oxygens (including phenoxy) is 1. The van der Waals surface area contributed by atoms with Crippen LogP contribution in [-0.2, 0) is 0 Å². The van der Waals surface area contributed by atoms with Gasteiger partial charge in [0.2, 0.25) is 11.8 Å². The highest BCUT2D eigenvalue weighted by Gasteiger charge is 2.44. The molecule has 0 aliphatic heterocycles. The van der Waals surface area contributed by atoms with Crippen molar-refractivity contribution >= 4 is 23.0 Å². The lowest BCUT2D eigenvalue weighted by atomic mass is 9.83. The predicted molar refractivity (Wildman–Crippen MR) is 125 cm³/mol. The molecule has 182 valence electrons. The highest BCUT2D eigenvalue weighted by Crippen LogP contribution is 2.56. The topological polar surface area (TPSA) is 97.9 Å². The zero-order valence-electron chi connectivity index (χ0n) is 19.4. The van der Waals surface area contributed by atoms with Gasteiger partial charge in [-0.1, -0.05) is 0 Å². The molecule has 4 heterocycles. The van der Waals surface area contributed by atoms with Crippen molar-refractivity contribution in [3.05, 3.63) is 42.0 Å². The van der Waals surface area contributed by atoms with Crippen LogP contribution in [0.1, 0.15) is 49.0 Å². The summed E-state index contributed by atoms with van der Waals surface area (Å²) >= 11 is 0. The molecule has 9 nitrogen and oxygen atoms in total. The first-order valence-electron chi connectivity index (χ1n) is 11.7. The number of nitrogens with one attached hydrogen (secondary N) is 2. The Balaban J connectivity index is 1.41. The van der Waals surface area contributed by atoms with Crippen LogP contribution in [0.3, 0.4) is 0 Å². The van der Waals surface area contributed by atoms with Gasteiger partial charge in [0.05, 0.1) is 25.1 Å². The average molecular weight is 482 g/mol. The molecule has 2 N–H and O–H groups in total. The van der Waals surface area contributed by atoms with E-state index in [-0.39, 0.29) is 39.9 Å². The maximum Gasteiger partial charge on any atom is 0.269 e. The number of nitrogens with zero attached hydrogens (tertiary/aromatic N) is 5. The third-order valence-corrected chi connectivity index (χ3v) is 7.39. The van der Waals surface area contributed by atoms with E-state index >= 15 is 4.39 Å². The predicted octanol–water partition coefficient (Wildman–Crippen LogP) is 3.83. The first kappa shape index (κ1) is 21.8. The zero-order valence-corrected chi connectivity index (χ0v) is 19.4. The number of carbonyl (C=O) groups is 1. The molecule has 2 aliphatic carbocycles. The molecule has 0 bridgehead atoms. The van der Waals surface area contributed by atoms with Crippen molar-refractivity contribution in [3.8, 4) is 17.0 Å². The van der Waals surface area contributed by atoms with Crippen LogP contribution in [0.15, 0.2) is 24.7 Å². The maximum absolute atomic E-state index is 15.3. The van der Waals surface area contributed by atoms with Crippen molar-refractivity contribution in [2.75, 3.05) is 19.5 Å². The summed E-state index contributed by atoms with van der Waals surface area (Å²) in [7, 11) is 2.91. The van der Waals surface area contributed by atoms with E-state index < -0.39 is 17.5 Å². The Bertz CT molecular complexity index is 1460. The highest BCUT2D eigenvalue weighted by molar-refractivity contribution is 5.93. The molecule has 0 aromatic carbocycles. The second kappa shape index (κ2) is 7.89. The highest BCUT2D eigenvalue weighted by atomic mass is 19.1. The summed E-state index contributed by atoms with van der Waals surface area (Å²) in [4.78, 5) is 20.7. The minimum absolute atomic E-state index is 0.0357. The van der Waals surface area contributed by atoms with Gasteiger partial charge in [0.25, 0.3) is 5.91 Å². The number of hydrogen-bond donors (Lipinski definition) is 2. The molecule has 1 spiro atoms. The molecule has 11 heteroatoms. The Morgan fingerprint density at radius 2 is 1.94 bits per heavy atom. The van der Waals surface area contributed by atoms with E-state index in [9.17, 15) is 9.18 Å². The molecule has 2 saturated carbocycles. The molecule has 6 rings (SSSR count). The number of pyridine rings is 1. The molecule has 2 fully saturated rings. The minimum atomic E-state index is -0.694. The fourth-order valence-corrected chi connectivity index (χ4v) is 5.21. The third kappa shape index (κ3) is 3.57. The number of anilines is 1. The van der Waals surface area contributed by atoms with Crippen LogP contribution in [0.5, 0.6) is 5.88 Å². The molecule has 1 amide bonds. The molecule has 0 atom stereocenters. The van der Waals surface area contributed by atoms with Crippen LogP contribution in [0, 0.1) is 17.0 Å². The lowest BCUT2D eigenvalue weighted by molar-refractivity contribution is 0.0957. The van der Waals surface area contributed by atoms with Crippen LogP contribution in [0.25, 0.3) is 22.3 Å². The van der Waals surface area contributed by atoms with Crippen LogP contribution < -0.4 is 15.4 Å². The van der Waals surface area contributed by atoms with Crippen molar-refractivity contribution in [2.45, 2.75) is 44.6 Å². The van der Waals surface area contributed by atoms with Gasteiger partial charge in [-0.25, -0.2) is 18.3 Å². The van der Waals surface area contributed by atoms with Gasteiger partial charge in [0.15, 0.2) is 17.3 Å². The quantitative estimate of drug-likeness (QED) is 0.450. The smallest absolute Gasteiger partial charge is 0.269 e. The number of rotatable bonds is 5. The Hall–Kier alpha value is -3.76. The molecular weight excluding hydrogens is 456 g/mol. The summed E-state index contributed by atoms with van der Waals surface area (Å²) < 4.78 is 38.3. The van der Waals surface area contributed by atoms with E-state index in [2.05, 4.69) is 25.7 Å². The average Bonchev–Trinajstić information content (AvgIpc) is 3.31. The number of amides is 1. The lowest BCUT2D eigenvalue weighted by Gasteiger charge is -2.29. The van der Waals surface area contributed by atoms with Gasteiger partial charge in [-0.3, -0.25) is 9.20 Å². The molecule has 0 saturated heterocycles. The first-order chi connectivity index (χ1) is 16.9.